The Kier molecular flexibility index (Phi) is 7.17. The minimum Gasteiger partial charge on any atom is -0.495 e. The molecule has 2 amide bonds. The molecule has 0 bridgehead atoms. The van der Waals surface area contributed by atoms with E-state index in [0.717, 1.165) is 11.1 Å². The van der Waals surface area contributed by atoms with Gasteiger partial charge in [0, 0.05) is 20.0 Å². The van der Waals surface area contributed by atoms with Gasteiger partial charge in [-0.2, -0.15) is 0 Å². The molecule has 1 atom stereocenters. The minimum atomic E-state index is -0.546. The molecular formula is C20H25N3O3. The van der Waals surface area contributed by atoms with Crippen molar-refractivity contribution in [3.63, 3.8) is 0 Å². The second kappa shape index (κ2) is 9.58. The summed E-state index contributed by atoms with van der Waals surface area (Å²) in [6.07, 6.45) is 0. The van der Waals surface area contributed by atoms with Crippen molar-refractivity contribution >= 4 is 17.5 Å². The van der Waals surface area contributed by atoms with Crippen LogP contribution in [0.4, 0.5) is 5.69 Å². The van der Waals surface area contributed by atoms with Crippen molar-refractivity contribution in [1.82, 2.24) is 10.6 Å². The maximum Gasteiger partial charge on any atom is 0.246 e. The van der Waals surface area contributed by atoms with Crippen molar-refractivity contribution in [3.05, 3.63) is 59.7 Å². The van der Waals surface area contributed by atoms with Crippen molar-refractivity contribution in [1.29, 1.82) is 0 Å². The molecule has 0 unspecified atom stereocenters. The first-order valence-corrected chi connectivity index (χ1v) is 8.49. The highest BCUT2D eigenvalue weighted by Gasteiger charge is 2.21. The molecule has 0 aliphatic rings. The Morgan fingerprint density at radius 1 is 1.08 bits per heavy atom. The summed E-state index contributed by atoms with van der Waals surface area (Å²) in [5, 5.41) is 8.85. The monoisotopic (exact) mass is 355 g/mol. The number of aryl methyl sites for hydroxylation is 1. The summed E-state index contributed by atoms with van der Waals surface area (Å²) in [5.74, 6) is 0.314. The molecule has 0 aliphatic heterocycles. The van der Waals surface area contributed by atoms with Crippen LogP contribution in [0.5, 0.6) is 5.75 Å². The number of hydrogen-bond donors (Lipinski definition) is 3. The molecule has 0 saturated carbocycles. The summed E-state index contributed by atoms with van der Waals surface area (Å²) < 4.78 is 5.33. The molecule has 0 saturated heterocycles. The molecule has 0 aliphatic carbocycles. The molecule has 138 valence electrons. The number of carbonyl (C=O) groups excluding carboxylic acids is 2. The Bertz CT molecular complexity index is 747. The van der Waals surface area contributed by atoms with Gasteiger partial charge < -0.3 is 20.7 Å². The first kappa shape index (κ1) is 19.5. The van der Waals surface area contributed by atoms with Crippen LogP contribution in [-0.4, -0.2) is 32.0 Å². The number of hydrogen-bond acceptors (Lipinski definition) is 4. The third-order valence-electron chi connectivity index (χ3n) is 3.86. The number of benzene rings is 2. The first-order chi connectivity index (χ1) is 12.5. The average molecular weight is 355 g/mol. The van der Waals surface area contributed by atoms with Crippen molar-refractivity contribution in [2.45, 2.75) is 19.9 Å². The lowest BCUT2D eigenvalue weighted by Gasteiger charge is -2.20. The molecule has 0 radical (unpaired) electrons. The second-order valence-electron chi connectivity index (χ2n) is 5.97. The number of carbonyl (C=O) groups is 2. The van der Waals surface area contributed by atoms with Crippen LogP contribution in [0.2, 0.25) is 0 Å². The van der Waals surface area contributed by atoms with E-state index in [9.17, 15) is 9.59 Å². The lowest BCUT2D eigenvalue weighted by molar-refractivity contribution is -0.119. The number of nitrogens with one attached hydrogen (secondary N) is 3. The molecule has 3 N–H and O–H groups in total. The summed E-state index contributed by atoms with van der Waals surface area (Å²) in [7, 11) is 1.57. The first-order valence-electron chi connectivity index (χ1n) is 8.49. The average Bonchev–Trinajstić information content (AvgIpc) is 2.62. The van der Waals surface area contributed by atoms with Crippen LogP contribution in [0.15, 0.2) is 48.5 Å². The van der Waals surface area contributed by atoms with Crippen molar-refractivity contribution in [2.75, 3.05) is 25.5 Å². The zero-order chi connectivity index (χ0) is 18.9. The number of amides is 2. The topological polar surface area (TPSA) is 79.5 Å². The van der Waals surface area contributed by atoms with Crippen molar-refractivity contribution < 1.29 is 14.3 Å². The molecule has 0 spiro atoms. The van der Waals surface area contributed by atoms with E-state index < -0.39 is 6.04 Å². The van der Waals surface area contributed by atoms with Gasteiger partial charge in [0.2, 0.25) is 11.8 Å². The molecule has 26 heavy (non-hydrogen) atoms. The zero-order valence-corrected chi connectivity index (χ0v) is 15.3. The maximum atomic E-state index is 12.9. The van der Waals surface area contributed by atoms with Crippen LogP contribution in [0, 0.1) is 6.92 Å². The summed E-state index contributed by atoms with van der Waals surface area (Å²) in [4.78, 5) is 23.9. The third-order valence-corrected chi connectivity index (χ3v) is 3.86. The Morgan fingerprint density at radius 2 is 1.81 bits per heavy atom. The summed E-state index contributed by atoms with van der Waals surface area (Å²) in [6.45, 7) is 4.33. The second-order valence-corrected chi connectivity index (χ2v) is 5.97. The van der Waals surface area contributed by atoms with E-state index in [1.165, 1.54) is 6.92 Å². The van der Waals surface area contributed by atoms with Gasteiger partial charge in [0.15, 0.2) is 0 Å². The predicted molar refractivity (Wildman–Crippen MR) is 102 cm³/mol. The highest BCUT2D eigenvalue weighted by molar-refractivity contribution is 5.96. The van der Waals surface area contributed by atoms with E-state index in [1.54, 1.807) is 7.11 Å². The fraction of sp³-hybridized carbons (Fsp3) is 0.300. The normalized spacial score (nSPS) is 11.5. The zero-order valence-electron chi connectivity index (χ0n) is 15.3. The van der Waals surface area contributed by atoms with Gasteiger partial charge >= 0.3 is 0 Å². The fourth-order valence-corrected chi connectivity index (χ4v) is 2.59. The van der Waals surface area contributed by atoms with Gasteiger partial charge in [-0.25, -0.2) is 0 Å². The van der Waals surface area contributed by atoms with Crippen LogP contribution in [0.1, 0.15) is 24.1 Å². The van der Waals surface area contributed by atoms with E-state index in [0.29, 0.717) is 24.5 Å². The smallest absolute Gasteiger partial charge is 0.246 e. The molecule has 2 aromatic carbocycles. The Hall–Kier alpha value is -2.86. The van der Waals surface area contributed by atoms with E-state index >= 15 is 0 Å². The van der Waals surface area contributed by atoms with E-state index in [4.69, 9.17) is 4.74 Å². The third kappa shape index (κ3) is 5.60. The number of ether oxygens (including phenoxy) is 1. The van der Waals surface area contributed by atoms with Crippen molar-refractivity contribution in [2.24, 2.45) is 0 Å². The van der Waals surface area contributed by atoms with E-state index in [-0.39, 0.29) is 11.8 Å². The summed E-state index contributed by atoms with van der Waals surface area (Å²) in [5.41, 5.74) is 2.50. The lowest BCUT2D eigenvalue weighted by Crippen LogP contribution is -2.37. The van der Waals surface area contributed by atoms with Gasteiger partial charge in [-0.1, -0.05) is 36.4 Å². The van der Waals surface area contributed by atoms with Gasteiger partial charge in [0.25, 0.3) is 0 Å². The van der Waals surface area contributed by atoms with Gasteiger partial charge in [-0.3, -0.25) is 9.59 Å². The van der Waals surface area contributed by atoms with Gasteiger partial charge in [-0.15, -0.1) is 0 Å². The number of methoxy groups -OCH3 is 1. The van der Waals surface area contributed by atoms with Gasteiger partial charge in [0.05, 0.1) is 12.8 Å². The summed E-state index contributed by atoms with van der Waals surface area (Å²) >= 11 is 0. The lowest BCUT2D eigenvalue weighted by atomic mass is 10.1. The molecule has 0 heterocycles. The largest absolute Gasteiger partial charge is 0.495 e. The standard InChI is InChI=1S/C20H25N3O3/c1-14-9-10-18(26-3)17(13-14)23-20(25)19(16-7-5-4-6-8-16)22-12-11-21-15(2)24/h4-10,13,19,22H,11-12H2,1-3H3,(H,21,24)(H,23,25)/t19-/m1/s1. The van der Waals surface area contributed by atoms with Crippen LogP contribution < -0.4 is 20.7 Å². The maximum absolute atomic E-state index is 12.9. The van der Waals surface area contributed by atoms with E-state index in [2.05, 4.69) is 16.0 Å². The fourth-order valence-electron chi connectivity index (χ4n) is 2.59. The molecular weight excluding hydrogens is 330 g/mol. The molecule has 2 rings (SSSR count). The van der Waals surface area contributed by atoms with Crippen LogP contribution in [0.25, 0.3) is 0 Å². The molecule has 6 nitrogen and oxygen atoms in total. The molecule has 0 fully saturated rings. The highest BCUT2D eigenvalue weighted by Crippen LogP contribution is 2.26. The van der Waals surface area contributed by atoms with Crippen molar-refractivity contribution in [3.8, 4) is 5.75 Å². The predicted octanol–water partition coefficient (Wildman–Crippen LogP) is 2.41. The quantitative estimate of drug-likeness (QED) is 0.636. The number of rotatable bonds is 8. The van der Waals surface area contributed by atoms with Crippen LogP contribution in [0.3, 0.4) is 0 Å². The molecule has 0 aromatic heterocycles. The highest BCUT2D eigenvalue weighted by atomic mass is 16.5. The molecule has 2 aromatic rings. The Balaban J connectivity index is 2.15. The van der Waals surface area contributed by atoms with E-state index in [1.807, 2.05) is 55.5 Å². The SMILES string of the molecule is COc1ccc(C)cc1NC(=O)[C@H](NCCNC(C)=O)c1ccccc1. The molecule has 6 heteroatoms. The number of anilines is 1. The van der Waals surface area contributed by atoms with Crippen LogP contribution >= 0.6 is 0 Å². The Labute approximate surface area is 153 Å². The van der Waals surface area contributed by atoms with Gasteiger partial charge in [0.1, 0.15) is 11.8 Å². The van der Waals surface area contributed by atoms with Crippen LogP contribution in [-0.2, 0) is 9.59 Å². The summed E-state index contributed by atoms with van der Waals surface area (Å²) in [6, 6.07) is 14.5. The minimum absolute atomic E-state index is 0.1000. The van der Waals surface area contributed by atoms with Gasteiger partial charge in [-0.05, 0) is 30.2 Å². The Morgan fingerprint density at radius 3 is 2.46 bits per heavy atom.